The van der Waals surface area contributed by atoms with Crippen LogP contribution in [0.25, 0.3) is 5.69 Å². The lowest BCUT2D eigenvalue weighted by molar-refractivity contribution is 0.474. The largest absolute Gasteiger partial charge is 0.508 e. The quantitative estimate of drug-likeness (QED) is 0.758. The lowest BCUT2D eigenvalue weighted by atomic mass is 10.2. The van der Waals surface area contributed by atoms with Gasteiger partial charge in [-0.25, -0.2) is 4.68 Å². The molecule has 0 saturated heterocycles. The Labute approximate surface area is 93.3 Å². The minimum Gasteiger partial charge on any atom is -0.508 e. The van der Waals surface area contributed by atoms with Gasteiger partial charge in [0.05, 0.1) is 17.6 Å². The maximum Gasteiger partial charge on any atom is 0.117 e. The van der Waals surface area contributed by atoms with E-state index in [1.54, 1.807) is 18.2 Å². The summed E-state index contributed by atoms with van der Waals surface area (Å²) in [5.74, 6) is 0.244. The molecule has 4 nitrogen and oxygen atoms in total. The molecule has 1 aromatic heterocycles. The van der Waals surface area contributed by atoms with Crippen LogP contribution in [0.3, 0.4) is 0 Å². The third-order valence-corrected chi connectivity index (χ3v) is 3.04. The lowest BCUT2D eigenvalue weighted by Crippen LogP contribution is -2.12. The molecule has 16 heavy (non-hydrogen) atoms. The van der Waals surface area contributed by atoms with Crippen molar-refractivity contribution in [2.75, 3.05) is 0 Å². The van der Waals surface area contributed by atoms with Crippen molar-refractivity contribution in [3.63, 3.8) is 0 Å². The SMILES string of the molecule is NC1CCc2cnn(-c3cccc(O)c3)c21. The van der Waals surface area contributed by atoms with Gasteiger partial charge in [0.1, 0.15) is 5.75 Å². The van der Waals surface area contributed by atoms with Crippen molar-refractivity contribution in [3.05, 3.63) is 41.7 Å². The molecule has 0 amide bonds. The maximum atomic E-state index is 9.45. The van der Waals surface area contributed by atoms with Gasteiger partial charge in [-0.15, -0.1) is 0 Å². The van der Waals surface area contributed by atoms with E-state index in [1.165, 1.54) is 5.56 Å². The summed E-state index contributed by atoms with van der Waals surface area (Å²) in [5, 5.41) is 13.8. The number of nitrogens with two attached hydrogens (primary N) is 1. The van der Waals surface area contributed by atoms with Crippen LogP contribution >= 0.6 is 0 Å². The number of fused-ring (bicyclic) bond motifs is 1. The highest BCUT2D eigenvalue weighted by Crippen LogP contribution is 2.31. The van der Waals surface area contributed by atoms with Gasteiger partial charge in [0.15, 0.2) is 0 Å². The fourth-order valence-corrected chi connectivity index (χ4v) is 2.26. The number of hydrogen-bond acceptors (Lipinski definition) is 3. The molecule has 0 saturated carbocycles. The Hall–Kier alpha value is -1.81. The minimum absolute atomic E-state index is 0.0554. The zero-order chi connectivity index (χ0) is 11.1. The van der Waals surface area contributed by atoms with Gasteiger partial charge in [-0.05, 0) is 30.5 Å². The third-order valence-electron chi connectivity index (χ3n) is 3.04. The summed E-state index contributed by atoms with van der Waals surface area (Å²) >= 11 is 0. The van der Waals surface area contributed by atoms with E-state index in [-0.39, 0.29) is 11.8 Å². The van der Waals surface area contributed by atoms with Gasteiger partial charge in [-0.2, -0.15) is 5.10 Å². The van der Waals surface area contributed by atoms with Crippen molar-refractivity contribution >= 4 is 0 Å². The molecule has 2 aromatic rings. The Balaban J connectivity index is 2.14. The van der Waals surface area contributed by atoms with Crippen LogP contribution < -0.4 is 5.73 Å². The number of aryl methyl sites for hydroxylation is 1. The Morgan fingerprint density at radius 1 is 1.44 bits per heavy atom. The van der Waals surface area contributed by atoms with E-state index < -0.39 is 0 Å². The number of benzene rings is 1. The van der Waals surface area contributed by atoms with Gasteiger partial charge >= 0.3 is 0 Å². The molecule has 3 N–H and O–H groups in total. The predicted molar refractivity (Wildman–Crippen MR) is 60.5 cm³/mol. The van der Waals surface area contributed by atoms with Crippen LogP contribution in [0.1, 0.15) is 23.7 Å². The average Bonchev–Trinajstić information content (AvgIpc) is 2.82. The molecule has 82 valence electrons. The number of aromatic nitrogens is 2. The summed E-state index contributed by atoms with van der Waals surface area (Å²) in [4.78, 5) is 0. The highest BCUT2D eigenvalue weighted by molar-refractivity contribution is 5.42. The smallest absolute Gasteiger partial charge is 0.117 e. The highest BCUT2D eigenvalue weighted by Gasteiger charge is 2.24. The molecule has 1 aliphatic rings. The average molecular weight is 215 g/mol. The molecule has 0 bridgehead atoms. The monoisotopic (exact) mass is 215 g/mol. The van der Waals surface area contributed by atoms with Gasteiger partial charge < -0.3 is 10.8 Å². The van der Waals surface area contributed by atoms with Crippen molar-refractivity contribution < 1.29 is 5.11 Å². The summed E-state index contributed by atoms with van der Waals surface area (Å²) in [6, 6.07) is 7.11. The topological polar surface area (TPSA) is 64.1 Å². The molecular formula is C12H13N3O. The zero-order valence-electron chi connectivity index (χ0n) is 8.80. The number of nitrogens with zero attached hydrogens (tertiary/aromatic N) is 2. The van der Waals surface area contributed by atoms with E-state index in [2.05, 4.69) is 5.10 Å². The normalized spacial score (nSPS) is 18.7. The number of aromatic hydroxyl groups is 1. The molecule has 1 heterocycles. The first kappa shape index (κ1) is 9.42. The standard InChI is InChI=1S/C12H13N3O/c13-11-5-4-8-7-14-15(12(8)11)9-2-1-3-10(16)6-9/h1-3,6-7,11,16H,4-5,13H2. The second kappa shape index (κ2) is 3.35. The molecule has 3 rings (SSSR count). The molecule has 1 unspecified atom stereocenters. The van der Waals surface area contributed by atoms with Crippen molar-refractivity contribution in [1.29, 1.82) is 0 Å². The van der Waals surface area contributed by atoms with Crippen LogP contribution in [0.4, 0.5) is 0 Å². The van der Waals surface area contributed by atoms with Gasteiger partial charge in [0.2, 0.25) is 0 Å². The van der Waals surface area contributed by atoms with Crippen molar-refractivity contribution in [1.82, 2.24) is 9.78 Å². The van der Waals surface area contributed by atoms with E-state index in [0.717, 1.165) is 24.2 Å². The second-order valence-electron chi connectivity index (χ2n) is 4.13. The van der Waals surface area contributed by atoms with Crippen LogP contribution in [0, 0.1) is 0 Å². The molecule has 0 fully saturated rings. The summed E-state index contributed by atoms with van der Waals surface area (Å²) in [6.07, 6.45) is 3.84. The van der Waals surface area contributed by atoms with Crippen LogP contribution in [0.15, 0.2) is 30.5 Å². The number of rotatable bonds is 1. The van der Waals surface area contributed by atoms with Crippen molar-refractivity contribution in [3.8, 4) is 11.4 Å². The number of phenols is 1. The summed E-state index contributed by atoms with van der Waals surface area (Å²) in [6.45, 7) is 0. The molecular weight excluding hydrogens is 202 g/mol. The maximum absolute atomic E-state index is 9.45. The Bertz CT molecular complexity index is 533. The second-order valence-corrected chi connectivity index (χ2v) is 4.13. The van der Waals surface area contributed by atoms with Crippen LogP contribution in [0.2, 0.25) is 0 Å². The van der Waals surface area contributed by atoms with E-state index >= 15 is 0 Å². The fourth-order valence-electron chi connectivity index (χ4n) is 2.26. The first-order valence-electron chi connectivity index (χ1n) is 5.37. The highest BCUT2D eigenvalue weighted by atomic mass is 16.3. The summed E-state index contributed by atoms with van der Waals surface area (Å²) in [5.41, 5.74) is 9.20. The Kier molecular flexibility index (Phi) is 1.97. The van der Waals surface area contributed by atoms with Crippen LogP contribution in [-0.4, -0.2) is 14.9 Å². The Morgan fingerprint density at radius 2 is 2.31 bits per heavy atom. The van der Waals surface area contributed by atoms with Gasteiger partial charge in [-0.1, -0.05) is 6.07 Å². The van der Waals surface area contributed by atoms with E-state index in [1.807, 2.05) is 16.9 Å². The number of hydrogen-bond donors (Lipinski definition) is 2. The molecule has 0 aliphatic heterocycles. The minimum atomic E-state index is 0.0554. The van der Waals surface area contributed by atoms with Crippen molar-refractivity contribution in [2.45, 2.75) is 18.9 Å². The van der Waals surface area contributed by atoms with E-state index in [9.17, 15) is 5.11 Å². The third kappa shape index (κ3) is 1.31. The first-order chi connectivity index (χ1) is 7.75. The van der Waals surface area contributed by atoms with Gasteiger partial charge in [0, 0.05) is 12.1 Å². The molecule has 1 atom stereocenters. The Morgan fingerprint density at radius 3 is 3.12 bits per heavy atom. The lowest BCUT2D eigenvalue weighted by Gasteiger charge is -2.09. The first-order valence-corrected chi connectivity index (χ1v) is 5.37. The molecule has 4 heteroatoms. The summed E-state index contributed by atoms with van der Waals surface area (Å²) in [7, 11) is 0. The number of phenolic OH excluding ortho intramolecular Hbond substituents is 1. The summed E-state index contributed by atoms with van der Waals surface area (Å²) < 4.78 is 1.83. The molecule has 1 aromatic carbocycles. The van der Waals surface area contributed by atoms with E-state index in [0.29, 0.717) is 0 Å². The fraction of sp³-hybridized carbons (Fsp3) is 0.250. The van der Waals surface area contributed by atoms with Crippen molar-refractivity contribution in [2.24, 2.45) is 5.73 Å². The molecule has 0 spiro atoms. The van der Waals surface area contributed by atoms with Gasteiger partial charge in [-0.3, -0.25) is 0 Å². The molecule has 0 radical (unpaired) electrons. The molecule has 1 aliphatic carbocycles. The van der Waals surface area contributed by atoms with Crippen LogP contribution in [0.5, 0.6) is 5.75 Å². The predicted octanol–water partition coefficient (Wildman–Crippen LogP) is 1.52. The zero-order valence-corrected chi connectivity index (χ0v) is 8.80. The van der Waals surface area contributed by atoms with Crippen LogP contribution in [-0.2, 0) is 6.42 Å². The van der Waals surface area contributed by atoms with E-state index in [4.69, 9.17) is 5.73 Å². The van der Waals surface area contributed by atoms with Gasteiger partial charge in [0.25, 0.3) is 0 Å².